The van der Waals surface area contributed by atoms with Gasteiger partial charge in [0.1, 0.15) is 5.82 Å². The van der Waals surface area contributed by atoms with Crippen molar-refractivity contribution in [3.05, 3.63) is 34.1 Å². The van der Waals surface area contributed by atoms with Crippen LogP contribution in [0.3, 0.4) is 0 Å². The monoisotopic (exact) mass is 246 g/mol. The van der Waals surface area contributed by atoms with Crippen LogP contribution in [-0.2, 0) is 0 Å². The molecule has 0 radical (unpaired) electrons. The molecule has 0 amide bonds. The van der Waals surface area contributed by atoms with Gasteiger partial charge in [-0.05, 0) is 24.6 Å². The Morgan fingerprint density at radius 3 is 2.46 bits per heavy atom. The summed E-state index contributed by atoms with van der Waals surface area (Å²) < 4.78 is 13.4. The van der Waals surface area contributed by atoms with Crippen molar-refractivity contribution in [1.82, 2.24) is 0 Å². The molecule has 2 unspecified atom stereocenters. The zero-order chi connectivity index (χ0) is 10.0. The van der Waals surface area contributed by atoms with Gasteiger partial charge in [-0.2, -0.15) is 0 Å². The summed E-state index contributed by atoms with van der Waals surface area (Å²) in [6.45, 7) is 1.82. The van der Waals surface area contributed by atoms with Crippen molar-refractivity contribution in [2.75, 3.05) is 0 Å². The molecule has 72 valence electrons. The third kappa shape index (κ3) is 2.49. The summed E-state index contributed by atoms with van der Waals surface area (Å²) in [6, 6.07) is 3.99. The van der Waals surface area contributed by atoms with Crippen LogP contribution in [0.5, 0.6) is 0 Å². The second-order valence-electron chi connectivity index (χ2n) is 3.05. The molecule has 0 aromatic heterocycles. The minimum atomic E-state index is -0.285. The normalized spacial score (nSPS) is 15.5. The molecular weight excluding hydrogens is 235 g/mol. The van der Waals surface area contributed by atoms with Gasteiger partial charge in [0.15, 0.2) is 0 Å². The molecule has 0 saturated carbocycles. The average Bonchev–Trinajstić information content (AvgIpc) is 2.03. The summed E-state index contributed by atoms with van der Waals surface area (Å²) in [7, 11) is 0. The fourth-order valence-electron chi connectivity index (χ4n) is 1.06. The average molecular weight is 247 g/mol. The van der Waals surface area contributed by atoms with Crippen molar-refractivity contribution in [3.63, 3.8) is 0 Å². The summed E-state index contributed by atoms with van der Waals surface area (Å²) in [6.07, 6.45) is 0. The Labute approximate surface area is 85.2 Å². The van der Waals surface area contributed by atoms with Gasteiger partial charge in [0, 0.05) is 16.6 Å². The number of benzene rings is 1. The van der Waals surface area contributed by atoms with Crippen LogP contribution in [-0.4, -0.2) is 6.04 Å². The van der Waals surface area contributed by atoms with Gasteiger partial charge in [-0.1, -0.05) is 22.0 Å². The number of hydrogen-bond acceptors (Lipinski definition) is 2. The molecule has 13 heavy (non-hydrogen) atoms. The minimum absolute atomic E-state index is 0.151. The summed E-state index contributed by atoms with van der Waals surface area (Å²) in [5.74, 6) is -0.285. The highest BCUT2D eigenvalue weighted by Crippen LogP contribution is 2.24. The third-order valence-corrected chi connectivity index (χ3v) is 2.57. The lowest BCUT2D eigenvalue weighted by molar-refractivity contribution is 0.581. The van der Waals surface area contributed by atoms with E-state index in [2.05, 4.69) is 15.9 Å². The van der Waals surface area contributed by atoms with E-state index in [0.717, 1.165) is 5.56 Å². The predicted octanol–water partition coefficient (Wildman–Crippen LogP) is 1.94. The van der Waals surface area contributed by atoms with Crippen LogP contribution in [0.1, 0.15) is 18.5 Å². The first-order chi connectivity index (χ1) is 6.02. The Kier molecular flexibility index (Phi) is 3.41. The van der Waals surface area contributed by atoms with Gasteiger partial charge in [0.05, 0.1) is 0 Å². The number of hydrogen-bond donors (Lipinski definition) is 2. The maximum atomic E-state index is 12.7. The first-order valence-corrected chi connectivity index (χ1v) is 4.78. The highest BCUT2D eigenvalue weighted by atomic mass is 79.9. The van der Waals surface area contributed by atoms with Gasteiger partial charge >= 0.3 is 0 Å². The van der Waals surface area contributed by atoms with Gasteiger partial charge in [-0.15, -0.1) is 0 Å². The zero-order valence-corrected chi connectivity index (χ0v) is 8.88. The summed E-state index contributed by atoms with van der Waals surface area (Å²) in [5, 5.41) is 0. The third-order valence-electron chi connectivity index (χ3n) is 1.89. The van der Waals surface area contributed by atoms with Crippen molar-refractivity contribution in [2.45, 2.75) is 19.0 Å². The van der Waals surface area contributed by atoms with E-state index in [4.69, 9.17) is 11.5 Å². The van der Waals surface area contributed by atoms with Gasteiger partial charge in [-0.25, -0.2) is 4.39 Å². The molecule has 0 heterocycles. The Hall–Kier alpha value is -0.450. The fourth-order valence-corrected chi connectivity index (χ4v) is 1.67. The Morgan fingerprint density at radius 2 is 2.00 bits per heavy atom. The quantitative estimate of drug-likeness (QED) is 0.838. The summed E-state index contributed by atoms with van der Waals surface area (Å²) in [5.41, 5.74) is 12.3. The molecule has 0 spiro atoms. The van der Waals surface area contributed by atoms with Crippen LogP contribution >= 0.6 is 15.9 Å². The molecule has 0 fully saturated rings. The van der Waals surface area contributed by atoms with Crippen molar-refractivity contribution in [3.8, 4) is 0 Å². The molecule has 4 N–H and O–H groups in total. The Bertz CT molecular complexity index is 302. The molecule has 4 heteroatoms. The lowest BCUT2D eigenvalue weighted by Gasteiger charge is -2.17. The lowest BCUT2D eigenvalue weighted by atomic mass is 10.0. The molecule has 0 aliphatic heterocycles. The zero-order valence-electron chi connectivity index (χ0n) is 7.30. The smallest absolute Gasteiger partial charge is 0.124 e. The van der Waals surface area contributed by atoms with E-state index in [1.54, 1.807) is 6.07 Å². The Balaban J connectivity index is 3.01. The number of halogens is 2. The predicted molar refractivity (Wildman–Crippen MR) is 54.7 cm³/mol. The van der Waals surface area contributed by atoms with E-state index in [9.17, 15) is 4.39 Å². The van der Waals surface area contributed by atoms with Crippen LogP contribution in [0.15, 0.2) is 22.7 Å². The number of rotatable bonds is 2. The van der Waals surface area contributed by atoms with Gasteiger partial charge in [0.2, 0.25) is 0 Å². The molecule has 0 saturated heterocycles. The van der Waals surface area contributed by atoms with Crippen molar-refractivity contribution >= 4 is 15.9 Å². The molecule has 2 atom stereocenters. The molecule has 1 aromatic rings. The second kappa shape index (κ2) is 4.17. The Morgan fingerprint density at radius 1 is 1.38 bits per heavy atom. The van der Waals surface area contributed by atoms with Gasteiger partial charge < -0.3 is 11.5 Å². The molecule has 1 rings (SSSR count). The molecule has 0 aliphatic rings. The molecule has 2 nitrogen and oxygen atoms in total. The van der Waals surface area contributed by atoms with E-state index in [-0.39, 0.29) is 17.9 Å². The molecule has 0 aliphatic carbocycles. The highest BCUT2D eigenvalue weighted by Gasteiger charge is 2.13. The van der Waals surface area contributed by atoms with Crippen LogP contribution in [0.25, 0.3) is 0 Å². The van der Waals surface area contributed by atoms with Crippen molar-refractivity contribution in [2.24, 2.45) is 11.5 Å². The maximum absolute atomic E-state index is 12.7. The van der Waals surface area contributed by atoms with Crippen LogP contribution in [0, 0.1) is 5.82 Å². The van der Waals surface area contributed by atoms with Crippen LogP contribution in [0.2, 0.25) is 0 Å². The van der Waals surface area contributed by atoms with Crippen molar-refractivity contribution in [1.29, 1.82) is 0 Å². The SMILES string of the molecule is CC(N)C(N)c1ccc(F)cc1Br. The first-order valence-electron chi connectivity index (χ1n) is 3.98. The largest absolute Gasteiger partial charge is 0.326 e. The van der Waals surface area contributed by atoms with Crippen LogP contribution < -0.4 is 11.5 Å². The van der Waals surface area contributed by atoms with E-state index < -0.39 is 0 Å². The molecule has 1 aromatic carbocycles. The van der Waals surface area contributed by atoms with E-state index >= 15 is 0 Å². The highest BCUT2D eigenvalue weighted by molar-refractivity contribution is 9.10. The van der Waals surface area contributed by atoms with E-state index in [1.165, 1.54) is 12.1 Å². The van der Waals surface area contributed by atoms with E-state index in [1.807, 2.05) is 6.92 Å². The van der Waals surface area contributed by atoms with Crippen LogP contribution in [0.4, 0.5) is 4.39 Å². The van der Waals surface area contributed by atoms with Gasteiger partial charge in [0.25, 0.3) is 0 Å². The standard InChI is InChI=1S/C9H12BrFN2/c1-5(12)9(13)7-3-2-6(11)4-8(7)10/h2-5,9H,12-13H2,1H3. The lowest BCUT2D eigenvalue weighted by Crippen LogP contribution is -2.31. The number of nitrogens with two attached hydrogens (primary N) is 2. The first kappa shape index (κ1) is 10.6. The second-order valence-corrected chi connectivity index (χ2v) is 3.91. The fraction of sp³-hybridized carbons (Fsp3) is 0.333. The van der Waals surface area contributed by atoms with E-state index in [0.29, 0.717) is 4.47 Å². The topological polar surface area (TPSA) is 52.0 Å². The minimum Gasteiger partial charge on any atom is -0.326 e. The molecule has 0 bridgehead atoms. The van der Waals surface area contributed by atoms with Crippen molar-refractivity contribution < 1.29 is 4.39 Å². The summed E-state index contributed by atoms with van der Waals surface area (Å²) in [4.78, 5) is 0. The summed E-state index contributed by atoms with van der Waals surface area (Å²) >= 11 is 3.24. The molecular formula is C9H12BrFN2. The van der Waals surface area contributed by atoms with Gasteiger partial charge in [-0.3, -0.25) is 0 Å². The maximum Gasteiger partial charge on any atom is 0.124 e.